The highest BCUT2D eigenvalue weighted by Gasteiger charge is 2.37. The minimum absolute atomic E-state index is 0.0594. The van der Waals surface area contributed by atoms with Gasteiger partial charge >= 0.3 is 0 Å². The van der Waals surface area contributed by atoms with Gasteiger partial charge < -0.3 is 19.9 Å². The summed E-state index contributed by atoms with van der Waals surface area (Å²) in [6.07, 6.45) is 6.03. The van der Waals surface area contributed by atoms with Gasteiger partial charge in [0.15, 0.2) is 0 Å². The lowest BCUT2D eigenvalue weighted by atomic mass is 9.86. The van der Waals surface area contributed by atoms with E-state index in [1.165, 1.54) is 10.4 Å². The van der Waals surface area contributed by atoms with Crippen LogP contribution < -0.4 is 10.1 Å². The first-order valence-corrected chi connectivity index (χ1v) is 12.5. The molecule has 0 radical (unpaired) electrons. The molecule has 0 bridgehead atoms. The number of fused-ring (bicyclic) bond motifs is 4. The zero-order chi connectivity index (χ0) is 23.4. The molecule has 34 heavy (non-hydrogen) atoms. The molecule has 1 amide bonds. The molecule has 6 rings (SSSR count). The number of anilines is 2. The maximum atomic E-state index is 13.1. The summed E-state index contributed by atoms with van der Waals surface area (Å²) in [7, 11) is 5.84. The Kier molecular flexibility index (Phi) is 5.26. The number of amides is 1. The summed E-state index contributed by atoms with van der Waals surface area (Å²) in [6, 6.07) is 4.60. The van der Waals surface area contributed by atoms with Gasteiger partial charge in [-0.15, -0.1) is 11.3 Å². The van der Waals surface area contributed by atoms with E-state index in [-0.39, 0.29) is 5.92 Å². The predicted molar refractivity (Wildman–Crippen MR) is 135 cm³/mol. The number of aromatic nitrogens is 2. The molecule has 1 N–H and O–H groups in total. The van der Waals surface area contributed by atoms with Crippen molar-refractivity contribution < 1.29 is 9.53 Å². The molecule has 9 heteroatoms. The number of aliphatic imine (C=N–C) groups is 1. The van der Waals surface area contributed by atoms with Crippen LogP contribution in [0.3, 0.4) is 0 Å². The summed E-state index contributed by atoms with van der Waals surface area (Å²) < 4.78 is 5.65. The second-order valence-electron chi connectivity index (χ2n) is 9.55. The maximum Gasteiger partial charge on any atom is 0.226 e. The number of hydrogen-bond donors (Lipinski definition) is 1. The number of ether oxygens (including phenoxy) is 1. The monoisotopic (exact) mass is 476 g/mol. The van der Waals surface area contributed by atoms with E-state index >= 15 is 0 Å². The molecule has 2 aliphatic heterocycles. The molecule has 1 fully saturated rings. The molecule has 2 aromatic heterocycles. The molecule has 4 heterocycles. The SMILES string of the molecule is COc1cc2c(cc1Nc1ncnc3sc4c(c13)CC[C@H](C(=O)N1CC(N(C)C)C1)C4)C=NC2. The van der Waals surface area contributed by atoms with Crippen LogP contribution >= 0.6 is 11.3 Å². The summed E-state index contributed by atoms with van der Waals surface area (Å²) in [4.78, 5) is 33.1. The van der Waals surface area contributed by atoms with Gasteiger partial charge in [-0.1, -0.05) is 0 Å². The molecule has 0 unspecified atom stereocenters. The zero-order valence-corrected chi connectivity index (χ0v) is 20.5. The fourth-order valence-electron chi connectivity index (χ4n) is 5.17. The Morgan fingerprint density at radius 2 is 2.12 bits per heavy atom. The van der Waals surface area contributed by atoms with Crippen molar-refractivity contribution in [3.8, 4) is 5.75 Å². The Morgan fingerprint density at radius 3 is 2.91 bits per heavy atom. The largest absolute Gasteiger partial charge is 0.495 e. The number of nitrogens with zero attached hydrogens (tertiary/aromatic N) is 5. The molecule has 1 atom stereocenters. The number of aryl methyl sites for hydroxylation is 1. The van der Waals surface area contributed by atoms with Crippen molar-refractivity contribution in [3.63, 3.8) is 0 Å². The first-order chi connectivity index (χ1) is 16.5. The normalized spacial score (nSPS) is 19.3. The van der Waals surface area contributed by atoms with Crippen LogP contribution in [-0.2, 0) is 24.2 Å². The van der Waals surface area contributed by atoms with Gasteiger partial charge in [0.05, 0.1) is 24.7 Å². The van der Waals surface area contributed by atoms with Crippen molar-refractivity contribution in [2.45, 2.75) is 31.8 Å². The average Bonchev–Trinajstić information content (AvgIpc) is 3.40. The topological polar surface area (TPSA) is 82.9 Å². The van der Waals surface area contributed by atoms with E-state index in [0.29, 0.717) is 18.5 Å². The van der Waals surface area contributed by atoms with E-state index in [9.17, 15) is 4.79 Å². The van der Waals surface area contributed by atoms with Crippen molar-refractivity contribution >= 4 is 45.2 Å². The van der Waals surface area contributed by atoms with Crippen molar-refractivity contribution in [1.29, 1.82) is 0 Å². The molecule has 1 aliphatic carbocycles. The minimum Gasteiger partial charge on any atom is -0.495 e. The lowest BCUT2D eigenvalue weighted by Gasteiger charge is -2.44. The Bertz CT molecular complexity index is 1310. The Labute approximate surface area is 202 Å². The fourth-order valence-corrected chi connectivity index (χ4v) is 6.44. The van der Waals surface area contributed by atoms with Gasteiger partial charge in [-0.2, -0.15) is 0 Å². The molecule has 3 aromatic rings. The Hall–Kier alpha value is -3.04. The quantitative estimate of drug-likeness (QED) is 0.609. The lowest BCUT2D eigenvalue weighted by molar-refractivity contribution is -0.142. The van der Waals surface area contributed by atoms with E-state index in [1.807, 2.05) is 17.2 Å². The first-order valence-electron chi connectivity index (χ1n) is 11.7. The van der Waals surface area contributed by atoms with Crippen LogP contribution in [0.25, 0.3) is 10.2 Å². The third-order valence-corrected chi connectivity index (χ3v) is 8.47. The molecule has 0 saturated carbocycles. The van der Waals surface area contributed by atoms with Crippen LogP contribution in [0.1, 0.15) is 28.0 Å². The van der Waals surface area contributed by atoms with Crippen molar-refractivity contribution in [1.82, 2.24) is 19.8 Å². The molecule has 1 saturated heterocycles. The van der Waals surface area contributed by atoms with Crippen LogP contribution in [0, 0.1) is 5.92 Å². The molecule has 3 aliphatic rings. The number of thiophene rings is 1. The molecular weight excluding hydrogens is 448 g/mol. The number of methoxy groups -OCH3 is 1. The van der Waals surface area contributed by atoms with E-state index in [4.69, 9.17) is 4.74 Å². The first kappa shape index (κ1) is 21.5. The predicted octanol–water partition coefficient (Wildman–Crippen LogP) is 3.25. The van der Waals surface area contributed by atoms with Gasteiger partial charge in [-0.05, 0) is 62.2 Å². The average molecular weight is 477 g/mol. The van der Waals surface area contributed by atoms with Crippen LogP contribution in [0.2, 0.25) is 0 Å². The number of rotatable bonds is 5. The van der Waals surface area contributed by atoms with Gasteiger partial charge in [0, 0.05) is 36.1 Å². The summed E-state index contributed by atoms with van der Waals surface area (Å²) >= 11 is 1.70. The minimum atomic E-state index is 0.0594. The highest BCUT2D eigenvalue weighted by molar-refractivity contribution is 7.19. The molecular formula is C25H28N6O2S. The van der Waals surface area contributed by atoms with Gasteiger partial charge in [0.25, 0.3) is 0 Å². The Balaban J connectivity index is 1.27. The highest BCUT2D eigenvalue weighted by atomic mass is 32.1. The highest BCUT2D eigenvalue weighted by Crippen LogP contribution is 2.42. The van der Waals surface area contributed by atoms with Gasteiger partial charge in [-0.25, -0.2) is 9.97 Å². The number of carbonyl (C=O) groups is 1. The maximum absolute atomic E-state index is 13.1. The number of likely N-dealkylation sites (tertiary alicyclic amines) is 1. The number of nitrogens with one attached hydrogen (secondary N) is 1. The van der Waals surface area contributed by atoms with Crippen LogP contribution in [0.5, 0.6) is 5.75 Å². The van der Waals surface area contributed by atoms with E-state index < -0.39 is 0 Å². The Morgan fingerprint density at radius 1 is 1.26 bits per heavy atom. The van der Waals surface area contributed by atoms with Gasteiger partial charge in [0.2, 0.25) is 5.91 Å². The van der Waals surface area contributed by atoms with Crippen molar-refractivity contribution in [3.05, 3.63) is 40.0 Å². The lowest BCUT2D eigenvalue weighted by Crippen LogP contribution is -2.60. The second-order valence-corrected chi connectivity index (χ2v) is 10.6. The third-order valence-electron chi connectivity index (χ3n) is 7.31. The van der Waals surface area contributed by atoms with E-state index in [2.05, 4.69) is 45.3 Å². The summed E-state index contributed by atoms with van der Waals surface area (Å²) in [5.41, 5.74) is 4.41. The van der Waals surface area contributed by atoms with Crippen LogP contribution in [0.4, 0.5) is 11.5 Å². The van der Waals surface area contributed by atoms with E-state index in [0.717, 1.165) is 71.0 Å². The van der Waals surface area contributed by atoms with Gasteiger partial charge in [-0.3, -0.25) is 9.79 Å². The number of likely N-dealkylation sites (N-methyl/N-ethyl adjacent to an activating group) is 1. The molecule has 8 nitrogen and oxygen atoms in total. The smallest absolute Gasteiger partial charge is 0.226 e. The summed E-state index contributed by atoms with van der Waals surface area (Å²) in [5.74, 6) is 1.92. The molecule has 0 spiro atoms. The number of hydrogen-bond acceptors (Lipinski definition) is 8. The van der Waals surface area contributed by atoms with Gasteiger partial charge in [0.1, 0.15) is 22.7 Å². The van der Waals surface area contributed by atoms with Crippen LogP contribution in [0.15, 0.2) is 23.5 Å². The second kappa shape index (κ2) is 8.32. The summed E-state index contributed by atoms with van der Waals surface area (Å²) in [6.45, 7) is 2.37. The van der Waals surface area contributed by atoms with Crippen LogP contribution in [-0.4, -0.2) is 72.2 Å². The number of benzene rings is 1. The van der Waals surface area contributed by atoms with Crippen molar-refractivity contribution in [2.75, 3.05) is 39.6 Å². The molecule has 1 aromatic carbocycles. The zero-order valence-electron chi connectivity index (χ0n) is 19.7. The van der Waals surface area contributed by atoms with E-state index in [1.54, 1.807) is 24.8 Å². The standard InChI is InChI=1S/C25H28N6O2S/c1-30(2)17-11-31(12-17)25(32)14-4-5-18-21(8-14)34-24-22(18)23(27-13-28-24)29-19-6-15-9-26-10-16(15)7-20(19)33-3/h6-7,9,13-14,17H,4-5,8,10-12H2,1-3H3,(H,27,28,29)/t14-/m0/s1. The number of carbonyl (C=O) groups excluding carboxylic acids is 1. The molecule has 176 valence electrons. The fraction of sp³-hybridized carbons (Fsp3) is 0.440. The third kappa shape index (κ3) is 3.54. The van der Waals surface area contributed by atoms with Crippen molar-refractivity contribution in [2.24, 2.45) is 10.9 Å². The summed E-state index contributed by atoms with van der Waals surface area (Å²) in [5, 5.41) is 4.58.